The van der Waals surface area contributed by atoms with Gasteiger partial charge in [0, 0.05) is 21.5 Å². The monoisotopic (exact) mass is 369 g/mol. The molecule has 0 amide bonds. The van der Waals surface area contributed by atoms with E-state index < -0.39 is 0 Å². The van der Waals surface area contributed by atoms with Gasteiger partial charge in [0.2, 0.25) is 5.13 Å². The first kappa shape index (κ1) is 17.6. The molecule has 1 aromatic heterocycles. The molecule has 1 N–H and O–H groups in total. The molecule has 5 heteroatoms. The maximum atomic E-state index is 5.93. The molecule has 3 nitrogen and oxygen atoms in total. The van der Waals surface area contributed by atoms with Gasteiger partial charge in [-0.3, -0.25) is 5.43 Å². The van der Waals surface area contributed by atoms with Crippen LogP contribution in [0, 0.1) is 20.8 Å². The molecule has 0 bridgehead atoms. The Morgan fingerprint density at radius 3 is 2.36 bits per heavy atom. The largest absolute Gasteiger partial charge is 0.252 e. The molecule has 25 heavy (non-hydrogen) atoms. The SMILES string of the molecule is C/C(=N\Nc1nc(-c2ccc(Cl)cc2)cs1)c1c(C)cc(C)cc1C. The predicted octanol–water partition coefficient (Wildman–Crippen LogP) is 6.22. The Hall–Kier alpha value is -2.17. The summed E-state index contributed by atoms with van der Waals surface area (Å²) in [4.78, 5) is 4.59. The smallest absolute Gasteiger partial charge is 0.203 e. The summed E-state index contributed by atoms with van der Waals surface area (Å²) in [5, 5.41) is 8.04. The number of aromatic nitrogens is 1. The molecule has 0 saturated heterocycles. The van der Waals surface area contributed by atoms with E-state index >= 15 is 0 Å². The van der Waals surface area contributed by atoms with Crippen molar-refractivity contribution in [3.05, 3.63) is 69.1 Å². The number of hydrazone groups is 1. The zero-order valence-electron chi connectivity index (χ0n) is 14.7. The molecule has 1 heterocycles. The van der Waals surface area contributed by atoms with Crippen molar-refractivity contribution in [2.24, 2.45) is 5.10 Å². The molecule has 128 valence electrons. The third-order valence-electron chi connectivity index (χ3n) is 4.00. The quantitative estimate of drug-likeness (QED) is 0.437. The standard InChI is InChI=1S/C20H20ClN3S/c1-12-9-13(2)19(14(3)10-12)15(4)23-24-20-22-18(11-25-20)16-5-7-17(21)8-6-16/h5-11H,1-4H3,(H,22,24)/b23-15+. The number of aryl methyl sites for hydroxylation is 3. The second kappa shape index (κ2) is 7.38. The van der Waals surface area contributed by atoms with Gasteiger partial charge in [0.25, 0.3) is 0 Å². The van der Waals surface area contributed by atoms with Gasteiger partial charge in [-0.1, -0.05) is 41.4 Å². The summed E-state index contributed by atoms with van der Waals surface area (Å²) in [5.41, 5.74) is 10.9. The van der Waals surface area contributed by atoms with E-state index in [0.29, 0.717) is 0 Å². The fourth-order valence-electron chi connectivity index (χ4n) is 3.02. The molecule has 3 rings (SSSR count). The van der Waals surface area contributed by atoms with Crippen molar-refractivity contribution in [1.82, 2.24) is 4.98 Å². The van der Waals surface area contributed by atoms with Gasteiger partial charge < -0.3 is 0 Å². The number of thiazole rings is 1. The van der Waals surface area contributed by atoms with Crippen LogP contribution in [0.4, 0.5) is 5.13 Å². The van der Waals surface area contributed by atoms with Crippen LogP contribution in [0.2, 0.25) is 5.02 Å². The molecule has 0 radical (unpaired) electrons. The third-order valence-corrected chi connectivity index (χ3v) is 5.00. The van der Waals surface area contributed by atoms with Crippen molar-refractivity contribution < 1.29 is 0 Å². The minimum absolute atomic E-state index is 0.724. The van der Waals surface area contributed by atoms with Gasteiger partial charge in [-0.2, -0.15) is 5.10 Å². The molecule has 0 aliphatic rings. The maximum Gasteiger partial charge on any atom is 0.203 e. The minimum Gasteiger partial charge on any atom is -0.252 e. The summed E-state index contributed by atoms with van der Waals surface area (Å²) < 4.78 is 0. The van der Waals surface area contributed by atoms with Crippen molar-refractivity contribution in [3.8, 4) is 11.3 Å². The van der Waals surface area contributed by atoms with Crippen LogP contribution in [0.25, 0.3) is 11.3 Å². The second-order valence-electron chi connectivity index (χ2n) is 6.13. The average molecular weight is 370 g/mol. The lowest BCUT2D eigenvalue weighted by Crippen LogP contribution is -2.05. The van der Waals surface area contributed by atoms with Gasteiger partial charge in [0.1, 0.15) is 0 Å². The normalized spacial score (nSPS) is 11.6. The van der Waals surface area contributed by atoms with Crippen LogP contribution in [0.3, 0.4) is 0 Å². The zero-order chi connectivity index (χ0) is 18.0. The number of nitrogens with one attached hydrogen (secondary N) is 1. The van der Waals surface area contributed by atoms with Crippen LogP contribution >= 0.6 is 22.9 Å². The number of benzene rings is 2. The summed E-state index contributed by atoms with van der Waals surface area (Å²) in [6.07, 6.45) is 0. The Kier molecular flexibility index (Phi) is 5.21. The average Bonchev–Trinajstić information content (AvgIpc) is 3.01. The van der Waals surface area contributed by atoms with E-state index in [9.17, 15) is 0 Å². The molecule has 3 aromatic rings. The summed E-state index contributed by atoms with van der Waals surface area (Å²) >= 11 is 7.47. The third kappa shape index (κ3) is 4.09. The summed E-state index contributed by atoms with van der Waals surface area (Å²) in [6.45, 7) is 8.38. The first-order valence-electron chi connectivity index (χ1n) is 8.04. The van der Waals surface area contributed by atoms with Gasteiger partial charge in [0.15, 0.2) is 0 Å². The van der Waals surface area contributed by atoms with E-state index in [0.717, 1.165) is 27.1 Å². The minimum atomic E-state index is 0.724. The molecule has 0 spiro atoms. The van der Waals surface area contributed by atoms with E-state index in [2.05, 4.69) is 48.4 Å². The Labute approximate surface area is 157 Å². The second-order valence-corrected chi connectivity index (χ2v) is 7.42. The number of anilines is 1. The Morgan fingerprint density at radius 2 is 1.72 bits per heavy atom. The molecule has 2 aromatic carbocycles. The molecular formula is C20H20ClN3S. The highest BCUT2D eigenvalue weighted by molar-refractivity contribution is 7.14. The highest BCUT2D eigenvalue weighted by Gasteiger charge is 2.08. The van der Waals surface area contributed by atoms with Gasteiger partial charge >= 0.3 is 0 Å². The van der Waals surface area contributed by atoms with Crippen LogP contribution in [0.15, 0.2) is 46.9 Å². The number of nitrogens with zero attached hydrogens (tertiary/aromatic N) is 2. The lowest BCUT2D eigenvalue weighted by atomic mass is 9.97. The van der Waals surface area contributed by atoms with Crippen LogP contribution < -0.4 is 5.43 Å². The first-order chi connectivity index (χ1) is 11.9. The first-order valence-corrected chi connectivity index (χ1v) is 9.30. The van der Waals surface area contributed by atoms with Crippen molar-refractivity contribution in [2.75, 3.05) is 5.43 Å². The topological polar surface area (TPSA) is 37.3 Å². The summed E-state index contributed by atoms with van der Waals surface area (Å²) in [6, 6.07) is 12.0. The molecule has 0 unspecified atom stereocenters. The molecule has 0 aliphatic heterocycles. The number of hydrogen-bond donors (Lipinski definition) is 1. The Balaban J connectivity index is 1.79. The fourth-order valence-corrected chi connectivity index (χ4v) is 3.80. The van der Waals surface area contributed by atoms with Gasteiger partial charge in [-0.05, 0) is 51.0 Å². The molecule has 0 atom stereocenters. The highest BCUT2D eigenvalue weighted by Crippen LogP contribution is 2.26. The maximum absolute atomic E-state index is 5.93. The van der Waals surface area contributed by atoms with E-state index in [4.69, 9.17) is 11.6 Å². The van der Waals surface area contributed by atoms with Crippen LogP contribution in [0.5, 0.6) is 0 Å². The molecular weight excluding hydrogens is 350 g/mol. The number of hydrogen-bond acceptors (Lipinski definition) is 4. The van der Waals surface area contributed by atoms with Crippen LogP contribution in [-0.2, 0) is 0 Å². The highest BCUT2D eigenvalue weighted by atomic mass is 35.5. The Morgan fingerprint density at radius 1 is 1.08 bits per heavy atom. The lowest BCUT2D eigenvalue weighted by molar-refractivity contribution is 1.25. The van der Waals surface area contributed by atoms with E-state index in [1.807, 2.05) is 36.6 Å². The number of rotatable bonds is 4. The van der Waals surface area contributed by atoms with E-state index in [-0.39, 0.29) is 0 Å². The molecule has 0 saturated carbocycles. The summed E-state index contributed by atoms with van der Waals surface area (Å²) in [5.74, 6) is 0. The van der Waals surface area contributed by atoms with Crippen molar-refractivity contribution >= 4 is 33.8 Å². The van der Waals surface area contributed by atoms with E-state index in [1.165, 1.54) is 33.6 Å². The van der Waals surface area contributed by atoms with Crippen LogP contribution in [-0.4, -0.2) is 10.7 Å². The fraction of sp³-hybridized carbons (Fsp3) is 0.200. The van der Waals surface area contributed by atoms with Gasteiger partial charge in [-0.25, -0.2) is 4.98 Å². The van der Waals surface area contributed by atoms with Crippen LogP contribution in [0.1, 0.15) is 29.2 Å². The van der Waals surface area contributed by atoms with Crippen molar-refractivity contribution in [3.63, 3.8) is 0 Å². The predicted molar refractivity (Wildman–Crippen MR) is 109 cm³/mol. The lowest BCUT2D eigenvalue weighted by Gasteiger charge is -2.11. The van der Waals surface area contributed by atoms with Crippen molar-refractivity contribution in [1.29, 1.82) is 0 Å². The van der Waals surface area contributed by atoms with Crippen molar-refractivity contribution in [2.45, 2.75) is 27.7 Å². The Bertz CT molecular complexity index is 903. The number of halogens is 1. The van der Waals surface area contributed by atoms with Gasteiger partial charge in [0.05, 0.1) is 11.4 Å². The molecule has 0 aliphatic carbocycles. The summed E-state index contributed by atoms with van der Waals surface area (Å²) in [7, 11) is 0. The zero-order valence-corrected chi connectivity index (χ0v) is 16.3. The van der Waals surface area contributed by atoms with E-state index in [1.54, 1.807) is 0 Å². The molecule has 0 fully saturated rings. The van der Waals surface area contributed by atoms with Gasteiger partial charge in [-0.15, -0.1) is 11.3 Å².